The standard InChI is InChI=1S/C12H20N2O2/c1-9-4-10(13)6-11(5-9)14-7-12(16-3)8-15-2/h4-6,12,14H,7-8,13H2,1-3H3. The van der Waals surface area contributed by atoms with E-state index >= 15 is 0 Å². The minimum atomic E-state index is 0.0479. The molecule has 1 unspecified atom stereocenters. The molecule has 3 N–H and O–H groups in total. The second-order valence-corrected chi connectivity index (χ2v) is 3.83. The van der Waals surface area contributed by atoms with Crippen molar-refractivity contribution in [1.29, 1.82) is 0 Å². The molecule has 0 aromatic heterocycles. The number of rotatable bonds is 6. The van der Waals surface area contributed by atoms with Crippen molar-refractivity contribution in [2.45, 2.75) is 13.0 Å². The molecule has 4 heteroatoms. The molecular weight excluding hydrogens is 204 g/mol. The van der Waals surface area contributed by atoms with Gasteiger partial charge in [-0.15, -0.1) is 0 Å². The summed E-state index contributed by atoms with van der Waals surface area (Å²) in [7, 11) is 3.34. The van der Waals surface area contributed by atoms with Crippen molar-refractivity contribution in [3.05, 3.63) is 23.8 Å². The van der Waals surface area contributed by atoms with Crippen LogP contribution >= 0.6 is 0 Å². The maximum atomic E-state index is 5.76. The molecule has 1 rings (SSSR count). The predicted octanol–water partition coefficient (Wildman–Crippen LogP) is 1.65. The van der Waals surface area contributed by atoms with E-state index in [1.165, 1.54) is 0 Å². The highest BCUT2D eigenvalue weighted by Crippen LogP contribution is 2.15. The molecule has 0 bridgehead atoms. The number of aryl methyl sites for hydroxylation is 1. The highest BCUT2D eigenvalue weighted by Gasteiger charge is 2.06. The maximum absolute atomic E-state index is 5.76. The first-order valence-electron chi connectivity index (χ1n) is 5.28. The fourth-order valence-electron chi connectivity index (χ4n) is 1.54. The van der Waals surface area contributed by atoms with Gasteiger partial charge in [-0.2, -0.15) is 0 Å². The monoisotopic (exact) mass is 224 g/mol. The van der Waals surface area contributed by atoms with Crippen LogP contribution in [0.4, 0.5) is 11.4 Å². The van der Waals surface area contributed by atoms with Crippen LogP contribution in [-0.4, -0.2) is 33.5 Å². The highest BCUT2D eigenvalue weighted by molar-refractivity contribution is 5.56. The summed E-state index contributed by atoms with van der Waals surface area (Å²) >= 11 is 0. The second-order valence-electron chi connectivity index (χ2n) is 3.83. The van der Waals surface area contributed by atoms with E-state index in [1.807, 2.05) is 19.1 Å². The van der Waals surface area contributed by atoms with E-state index in [-0.39, 0.29) is 6.10 Å². The van der Waals surface area contributed by atoms with E-state index in [4.69, 9.17) is 15.2 Å². The lowest BCUT2D eigenvalue weighted by Crippen LogP contribution is -2.26. The number of methoxy groups -OCH3 is 2. The molecule has 0 saturated carbocycles. The first-order chi connectivity index (χ1) is 7.65. The molecule has 90 valence electrons. The summed E-state index contributed by atoms with van der Waals surface area (Å²) in [5.74, 6) is 0. The molecule has 0 spiro atoms. The molecule has 0 radical (unpaired) electrons. The van der Waals surface area contributed by atoms with Crippen molar-refractivity contribution in [3.8, 4) is 0 Å². The summed E-state index contributed by atoms with van der Waals surface area (Å²) in [6, 6.07) is 5.90. The molecule has 0 saturated heterocycles. The van der Waals surface area contributed by atoms with Crippen LogP contribution in [0, 0.1) is 6.92 Å². The quantitative estimate of drug-likeness (QED) is 0.721. The Bertz CT molecular complexity index is 309. The number of ether oxygens (including phenoxy) is 2. The van der Waals surface area contributed by atoms with E-state index in [0.29, 0.717) is 13.2 Å². The molecule has 0 amide bonds. The van der Waals surface area contributed by atoms with Crippen LogP contribution in [0.25, 0.3) is 0 Å². The summed E-state index contributed by atoms with van der Waals surface area (Å²) in [6.07, 6.45) is 0.0479. The zero-order chi connectivity index (χ0) is 12.0. The smallest absolute Gasteiger partial charge is 0.0976 e. The van der Waals surface area contributed by atoms with Gasteiger partial charge in [0.15, 0.2) is 0 Å². The first-order valence-corrected chi connectivity index (χ1v) is 5.28. The Labute approximate surface area is 96.7 Å². The zero-order valence-corrected chi connectivity index (χ0v) is 10.1. The third-order valence-electron chi connectivity index (χ3n) is 2.32. The fourth-order valence-corrected chi connectivity index (χ4v) is 1.54. The molecule has 1 aromatic rings. The van der Waals surface area contributed by atoms with Crippen LogP contribution in [-0.2, 0) is 9.47 Å². The molecule has 1 atom stereocenters. The SMILES string of the molecule is COCC(CNc1cc(C)cc(N)c1)OC. The van der Waals surface area contributed by atoms with E-state index in [0.717, 1.165) is 16.9 Å². The zero-order valence-electron chi connectivity index (χ0n) is 10.1. The van der Waals surface area contributed by atoms with E-state index in [9.17, 15) is 0 Å². The lowest BCUT2D eigenvalue weighted by Gasteiger charge is -2.16. The van der Waals surface area contributed by atoms with Gasteiger partial charge >= 0.3 is 0 Å². The lowest BCUT2D eigenvalue weighted by atomic mass is 10.2. The van der Waals surface area contributed by atoms with Crippen LogP contribution < -0.4 is 11.1 Å². The summed E-state index contributed by atoms with van der Waals surface area (Å²) in [6.45, 7) is 3.29. The van der Waals surface area contributed by atoms with Gasteiger partial charge in [-0.05, 0) is 30.7 Å². The Kier molecular flexibility index (Phi) is 5.08. The topological polar surface area (TPSA) is 56.5 Å². The normalized spacial score (nSPS) is 12.4. The van der Waals surface area contributed by atoms with Crippen molar-refractivity contribution in [2.24, 2.45) is 0 Å². The van der Waals surface area contributed by atoms with Gasteiger partial charge < -0.3 is 20.5 Å². The van der Waals surface area contributed by atoms with Crippen molar-refractivity contribution < 1.29 is 9.47 Å². The van der Waals surface area contributed by atoms with Gasteiger partial charge in [-0.25, -0.2) is 0 Å². The Balaban J connectivity index is 2.52. The molecule has 0 aliphatic rings. The number of nitrogen functional groups attached to an aromatic ring is 1. The number of nitrogens with two attached hydrogens (primary N) is 1. The van der Waals surface area contributed by atoms with Crippen molar-refractivity contribution in [3.63, 3.8) is 0 Å². The maximum Gasteiger partial charge on any atom is 0.0976 e. The average molecular weight is 224 g/mol. The summed E-state index contributed by atoms with van der Waals surface area (Å²) in [5.41, 5.74) is 8.68. The molecule has 0 heterocycles. The number of hydrogen-bond acceptors (Lipinski definition) is 4. The van der Waals surface area contributed by atoms with Crippen molar-refractivity contribution in [1.82, 2.24) is 0 Å². The molecule has 0 aliphatic carbocycles. The highest BCUT2D eigenvalue weighted by atomic mass is 16.5. The van der Waals surface area contributed by atoms with Gasteiger partial charge in [0.05, 0.1) is 12.7 Å². The lowest BCUT2D eigenvalue weighted by molar-refractivity contribution is 0.0365. The van der Waals surface area contributed by atoms with E-state index in [1.54, 1.807) is 14.2 Å². The Morgan fingerprint density at radius 1 is 1.31 bits per heavy atom. The van der Waals surface area contributed by atoms with E-state index < -0.39 is 0 Å². The molecule has 1 aromatic carbocycles. The number of benzene rings is 1. The van der Waals surface area contributed by atoms with Gasteiger partial charge in [-0.3, -0.25) is 0 Å². The summed E-state index contributed by atoms with van der Waals surface area (Å²) in [5, 5.41) is 3.28. The van der Waals surface area contributed by atoms with Crippen LogP contribution in [0.1, 0.15) is 5.56 Å². The van der Waals surface area contributed by atoms with Gasteiger partial charge in [0.25, 0.3) is 0 Å². The van der Waals surface area contributed by atoms with E-state index in [2.05, 4.69) is 11.4 Å². The van der Waals surface area contributed by atoms with Crippen molar-refractivity contribution >= 4 is 11.4 Å². The van der Waals surface area contributed by atoms with Crippen LogP contribution in [0.2, 0.25) is 0 Å². The molecule has 0 aliphatic heterocycles. The van der Waals surface area contributed by atoms with Gasteiger partial charge in [0.2, 0.25) is 0 Å². The third-order valence-corrected chi connectivity index (χ3v) is 2.32. The number of anilines is 2. The Morgan fingerprint density at radius 3 is 2.62 bits per heavy atom. The van der Waals surface area contributed by atoms with Crippen LogP contribution in [0.15, 0.2) is 18.2 Å². The summed E-state index contributed by atoms with van der Waals surface area (Å²) < 4.78 is 10.3. The van der Waals surface area contributed by atoms with Crippen molar-refractivity contribution in [2.75, 3.05) is 38.4 Å². The van der Waals surface area contributed by atoms with Gasteiger partial charge in [0.1, 0.15) is 0 Å². The molecule has 16 heavy (non-hydrogen) atoms. The summed E-state index contributed by atoms with van der Waals surface area (Å²) in [4.78, 5) is 0. The Hall–Kier alpha value is -1.26. The van der Waals surface area contributed by atoms with Crippen LogP contribution in [0.3, 0.4) is 0 Å². The van der Waals surface area contributed by atoms with Gasteiger partial charge in [0, 0.05) is 32.1 Å². The molecule has 4 nitrogen and oxygen atoms in total. The second kappa shape index (κ2) is 6.35. The number of hydrogen-bond donors (Lipinski definition) is 2. The minimum Gasteiger partial charge on any atom is -0.399 e. The Morgan fingerprint density at radius 2 is 2.06 bits per heavy atom. The van der Waals surface area contributed by atoms with Crippen LogP contribution in [0.5, 0.6) is 0 Å². The number of nitrogens with one attached hydrogen (secondary N) is 1. The minimum absolute atomic E-state index is 0.0479. The first kappa shape index (κ1) is 12.8. The largest absolute Gasteiger partial charge is 0.399 e. The third kappa shape index (κ3) is 4.08. The fraction of sp³-hybridized carbons (Fsp3) is 0.500. The average Bonchev–Trinajstić information content (AvgIpc) is 2.23. The molecule has 0 fully saturated rings. The predicted molar refractivity (Wildman–Crippen MR) is 66.8 cm³/mol. The van der Waals surface area contributed by atoms with Gasteiger partial charge in [-0.1, -0.05) is 0 Å². The molecular formula is C12H20N2O2.